The average molecular weight is 509 g/mol. The number of aryl methyl sites for hydroxylation is 1. The molecule has 0 radical (unpaired) electrons. The van der Waals surface area contributed by atoms with Gasteiger partial charge < -0.3 is 10.2 Å². The molecule has 1 N–H and O–H groups in total. The summed E-state index contributed by atoms with van der Waals surface area (Å²) in [5.74, 6) is 0.0390. The van der Waals surface area contributed by atoms with Gasteiger partial charge in [-0.3, -0.25) is 9.59 Å². The minimum Gasteiger partial charge on any atom is -0.354 e. The topological polar surface area (TPSA) is 49.4 Å². The van der Waals surface area contributed by atoms with Gasteiger partial charge in [-0.2, -0.15) is 0 Å². The van der Waals surface area contributed by atoms with Gasteiger partial charge in [0.15, 0.2) is 0 Å². The minimum absolute atomic E-state index is 0.0814. The molecule has 3 aromatic carbocycles. The third-order valence-electron chi connectivity index (χ3n) is 5.73. The number of hydrogen-bond acceptors (Lipinski definition) is 3. The van der Waals surface area contributed by atoms with E-state index in [9.17, 15) is 9.59 Å². The van der Waals surface area contributed by atoms with Crippen molar-refractivity contribution in [3.63, 3.8) is 0 Å². The number of halogens is 1. The summed E-state index contributed by atoms with van der Waals surface area (Å²) in [6, 6.07) is 24.8. The van der Waals surface area contributed by atoms with E-state index in [4.69, 9.17) is 11.6 Å². The summed E-state index contributed by atoms with van der Waals surface area (Å²) in [5.41, 5.74) is 3.08. The summed E-state index contributed by atoms with van der Waals surface area (Å²) in [7, 11) is 0. The number of nitrogens with zero attached hydrogens (tertiary/aromatic N) is 1. The highest BCUT2D eigenvalue weighted by Crippen LogP contribution is 2.22. The number of thioether (sulfide) groups is 1. The monoisotopic (exact) mass is 508 g/mol. The molecule has 0 fully saturated rings. The SMILES string of the molecule is CCCCNC(=O)C(Cc1ccccc1)N(Cc1cccc(Cl)c1)C(=O)CSc1ccc(C)cc1. The van der Waals surface area contributed by atoms with Gasteiger partial charge in [-0.25, -0.2) is 0 Å². The molecule has 0 saturated heterocycles. The summed E-state index contributed by atoms with van der Waals surface area (Å²) in [5, 5.41) is 3.66. The van der Waals surface area contributed by atoms with Gasteiger partial charge in [0, 0.05) is 29.4 Å². The van der Waals surface area contributed by atoms with Crippen molar-refractivity contribution in [2.45, 2.75) is 50.6 Å². The van der Waals surface area contributed by atoms with Crippen molar-refractivity contribution in [2.24, 2.45) is 0 Å². The van der Waals surface area contributed by atoms with E-state index in [0.717, 1.165) is 28.9 Å². The zero-order valence-corrected chi connectivity index (χ0v) is 21.9. The number of hydrogen-bond donors (Lipinski definition) is 1. The van der Waals surface area contributed by atoms with E-state index in [-0.39, 0.29) is 17.6 Å². The molecule has 35 heavy (non-hydrogen) atoms. The van der Waals surface area contributed by atoms with Crippen LogP contribution in [0.15, 0.2) is 83.8 Å². The Labute approximate surface area is 218 Å². The molecule has 184 valence electrons. The molecular weight excluding hydrogens is 476 g/mol. The largest absolute Gasteiger partial charge is 0.354 e. The Balaban J connectivity index is 1.87. The molecule has 3 rings (SSSR count). The molecule has 3 aromatic rings. The number of benzene rings is 3. The molecular formula is C29H33ClN2O2S. The van der Waals surface area contributed by atoms with Gasteiger partial charge in [-0.15, -0.1) is 11.8 Å². The lowest BCUT2D eigenvalue weighted by molar-refractivity contribution is -0.139. The number of unbranched alkanes of at least 4 members (excludes halogenated alkanes) is 1. The van der Waals surface area contributed by atoms with E-state index < -0.39 is 6.04 Å². The highest BCUT2D eigenvalue weighted by atomic mass is 35.5. The number of rotatable bonds is 12. The zero-order valence-electron chi connectivity index (χ0n) is 20.4. The second-order valence-electron chi connectivity index (χ2n) is 8.60. The summed E-state index contributed by atoms with van der Waals surface area (Å²) < 4.78 is 0. The van der Waals surface area contributed by atoms with Crippen LogP contribution in [0, 0.1) is 6.92 Å². The number of carbonyl (C=O) groups is 2. The van der Waals surface area contributed by atoms with E-state index in [2.05, 4.69) is 12.2 Å². The molecule has 0 aromatic heterocycles. The molecule has 0 saturated carbocycles. The fourth-order valence-corrected chi connectivity index (χ4v) is 4.75. The minimum atomic E-state index is -0.626. The normalized spacial score (nSPS) is 11.6. The molecule has 0 aliphatic heterocycles. The first kappa shape index (κ1) is 26.8. The second-order valence-corrected chi connectivity index (χ2v) is 10.1. The lowest BCUT2D eigenvalue weighted by Crippen LogP contribution is -2.51. The lowest BCUT2D eigenvalue weighted by atomic mass is 10.0. The summed E-state index contributed by atoms with van der Waals surface area (Å²) in [6.45, 7) is 5.03. The Bertz CT molecular complexity index is 1090. The molecule has 0 aliphatic rings. The Kier molecular flexibility index (Phi) is 10.7. The van der Waals surface area contributed by atoms with Crippen molar-refractivity contribution in [3.05, 3.63) is 101 Å². The van der Waals surface area contributed by atoms with Gasteiger partial charge in [-0.05, 0) is 48.7 Å². The van der Waals surface area contributed by atoms with E-state index in [1.54, 1.807) is 4.90 Å². The second kappa shape index (κ2) is 14.0. The first-order chi connectivity index (χ1) is 17.0. The first-order valence-corrected chi connectivity index (χ1v) is 13.4. The predicted molar refractivity (Wildman–Crippen MR) is 146 cm³/mol. The third kappa shape index (κ3) is 8.75. The fraction of sp³-hybridized carbons (Fsp3) is 0.310. The number of carbonyl (C=O) groups excluding carboxylic acids is 2. The molecule has 6 heteroatoms. The fourth-order valence-electron chi connectivity index (χ4n) is 3.75. The molecule has 1 atom stereocenters. The molecule has 0 aliphatic carbocycles. The Morgan fingerprint density at radius 3 is 2.37 bits per heavy atom. The highest BCUT2D eigenvalue weighted by Gasteiger charge is 2.30. The van der Waals surface area contributed by atoms with Crippen molar-refractivity contribution < 1.29 is 9.59 Å². The van der Waals surface area contributed by atoms with Crippen molar-refractivity contribution in [1.82, 2.24) is 10.2 Å². The summed E-state index contributed by atoms with van der Waals surface area (Å²) in [4.78, 5) is 29.8. The number of nitrogens with one attached hydrogen (secondary N) is 1. The highest BCUT2D eigenvalue weighted by molar-refractivity contribution is 8.00. The van der Waals surface area contributed by atoms with Crippen LogP contribution < -0.4 is 5.32 Å². The molecule has 0 spiro atoms. The first-order valence-electron chi connectivity index (χ1n) is 12.0. The number of amides is 2. The van der Waals surface area contributed by atoms with E-state index in [1.807, 2.05) is 85.8 Å². The van der Waals surface area contributed by atoms with E-state index >= 15 is 0 Å². The zero-order chi connectivity index (χ0) is 25.0. The molecule has 0 bridgehead atoms. The van der Waals surface area contributed by atoms with Gasteiger partial charge in [0.05, 0.1) is 5.75 Å². The van der Waals surface area contributed by atoms with Gasteiger partial charge in [-0.1, -0.05) is 85.1 Å². The van der Waals surface area contributed by atoms with Crippen LogP contribution in [0.4, 0.5) is 0 Å². The lowest BCUT2D eigenvalue weighted by Gasteiger charge is -2.31. The third-order valence-corrected chi connectivity index (χ3v) is 6.96. The Morgan fingerprint density at radius 2 is 1.69 bits per heavy atom. The molecule has 0 heterocycles. The maximum atomic E-state index is 13.6. The smallest absolute Gasteiger partial charge is 0.243 e. The predicted octanol–water partition coefficient (Wildman–Crippen LogP) is 6.30. The average Bonchev–Trinajstić information content (AvgIpc) is 2.86. The van der Waals surface area contributed by atoms with Crippen LogP contribution in [0.1, 0.15) is 36.5 Å². The standard InChI is InChI=1S/C29H33ClN2O2S/c1-3-4-17-31-29(34)27(19-23-9-6-5-7-10-23)32(20-24-11-8-12-25(30)18-24)28(33)21-35-26-15-13-22(2)14-16-26/h5-16,18,27H,3-4,17,19-21H2,1-2H3,(H,31,34). The van der Waals surface area contributed by atoms with Crippen LogP contribution in [-0.4, -0.2) is 35.1 Å². The Hall–Kier alpha value is -2.76. The summed E-state index contributed by atoms with van der Waals surface area (Å²) in [6.07, 6.45) is 2.33. The van der Waals surface area contributed by atoms with Crippen LogP contribution in [0.2, 0.25) is 5.02 Å². The van der Waals surface area contributed by atoms with E-state index in [0.29, 0.717) is 24.5 Å². The van der Waals surface area contributed by atoms with Crippen LogP contribution in [-0.2, 0) is 22.6 Å². The molecule has 4 nitrogen and oxygen atoms in total. The van der Waals surface area contributed by atoms with Crippen molar-refractivity contribution >= 4 is 35.2 Å². The quantitative estimate of drug-likeness (QED) is 0.231. The van der Waals surface area contributed by atoms with Gasteiger partial charge in [0.2, 0.25) is 11.8 Å². The molecule has 1 unspecified atom stereocenters. The van der Waals surface area contributed by atoms with Crippen LogP contribution in [0.3, 0.4) is 0 Å². The maximum Gasteiger partial charge on any atom is 0.243 e. The Morgan fingerprint density at radius 1 is 0.971 bits per heavy atom. The van der Waals surface area contributed by atoms with Crippen molar-refractivity contribution in [2.75, 3.05) is 12.3 Å². The van der Waals surface area contributed by atoms with Gasteiger partial charge in [0.25, 0.3) is 0 Å². The van der Waals surface area contributed by atoms with Crippen LogP contribution in [0.25, 0.3) is 0 Å². The molecule has 2 amide bonds. The van der Waals surface area contributed by atoms with Crippen LogP contribution in [0.5, 0.6) is 0 Å². The summed E-state index contributed by atoms with van der Waals surface area (Å²) >= 11 is 7.72. The van der Waals surface area contributed by atoms with Crippen molar-refractivity contribution in [3.8, 4) is 0 Å². The van der Waals surface area contributed by atoms with Gasteiger partial charge >= 0.3 is 0 Å². The van der Waals surface area contributed by atoms with Crippen molar-refractivity contribution in [1.29, 1.82) is 0 Å². The van der Waals surface area contributed by atoms with E-state index in [1.165, 1.54) is 17.3 Å². The van der Waals surface area contributed by atoms with Gasteiger partial charge in [0.1, 0.15) is 6.04 Å². The van der Waals surface area contributed by atoms with Crippen LogP contribution >= 0.6 is 23.4 Å². The maximum absolute atomic E-state index is 13.6.